The van der Waals surface area contributed by atoms with Gasteiger partial charge in [0.1, 0.15) is 0 Å². The average molecular weight is 715 g/mol. The summed E-state index contributed by atoms with van der Waals surface area (Å²) in [6, 6.07) is 82.9. The van der Waals surface area contributed by atoms with Gasteiger partial charge < -0.3 is 9.47 Å². The molecular formula is C54H38N2. The highest BCUT2D eigenvalue weighted by Gasteiger charge is 2.19. The number of anilines is 3. The predicted octanol–water partition coefficient (Wildman–Crippen LogP) is 14.9. The molecule has 56 heavy (non-hydrogen) atoms. The summed E-state index contributed by atoms with van der Waals surface area (Å²) in [5, 5.41) is 2.51. The molecule has 0 amide bonds. The Balaban J connectivity index is 1.06. The predicted molar refractivity (Wildman–Crippen MR) is 237 cm³/mol. The van der Waals surface area contributed by atoms with Crippen molar-refractivity contribution in [3.63, 3.8) is 0 Å². The fraction of sp³-hybridized carbons (Fsp3) is 0. The summed E-state index contributed by atoms with van der Waals surface area (Å²) in [5.41, 5.74) is 16.5. The van der Waals surface area contributed by atoms with Gasteiger partial charge >= 0.3 is 0 Å². The third-order valence-corrected chi connectivity index (χ3v) is 10.8. The molecule has 0 unspecified atom stereocenters. The first-order valence-electron chi connectivity index (χ1n) is 19.2. The van der Waals surface area contributed by atoms with Crippen molar-refractivity contribution < 1.29 is 0 Å². The molecule has 0 atom stereocenters. The van der Waals surface area contributed by atoms with Crippen molar-refractivity contribution in [1.29, 1.82) is 0 Å². The maximum Gasteiger partial charge on any atom is 0.0547 e. The van der Waals surface area contributed by atoms with E-state index in [4.69, 9.17) is 0 Å². The summed E-state index contributed by atoms with van der Waals surface area (Å²) in [6.45, 7) is 0. The van der Waals surface area contributed by atoms with Crippen molar-refractivity contribution >= 4 is 38.9 Å². The van der Waals surface area contributed by atoms with E-state index in [9.17, 15) is 0 Å². The zero-order valence-corrected chi connectivity index (χ0v) is 30.8. The number of para-hydroxylation sites is 4. The van der Waals surface area contributed by atoms with Crippen LogP contribution in [0.4, 0.5) is 17.1 Å². The van der Waals surface area contributed by atoms with Crippen LogP contribution < -0.4 is 4.90 Å². The van der Waals surface area contributed by atoms with Crippen LogP contribution in [-0.2, 0) is 0 Å². The highest BCUT2D eigenvalue weighted by molar-refractivity contribution is 6.16. The second-order valence-electron chi connectivity index (χ2n) is 14.1. The van der Waals surface area contributed by atoms with Crippen molar-refractivity contribution in [1.82, 2.24) is 4.57 Å². The second kappa shape index (κ2) is 14.4. The molecule has 2 nitrogen and oxygen atoms in total. The van der Waals surface area contributed by atoms with E-state index in [1.165, 1.54) is 55.2 Å². The van der Waals surface area contributed by atoms with Gasteiger partial charge in [0.2, 0.25) is 0 Å². The molecule has 9 aromatic carbocycles. The molecular weight excluding hydrogens is 677 g/mol. The minimum Gasteiger partial charge on any atom is -0.310 e. The molecule has 10 aromatic rings. The molecule has 0 aliphatic heterocycles. The highest BCUT2D eigenvalue weighted by Crippen LogP contribution is 2.43. The summed E-state index contributed by atoms with van der Waals surface area (Å²) in [6.07, 6.45) is 0. The maximum absolute atomic E-state index is 2.39. The van der Waals surface area contributed by atoms with E-state index < -0.39 is 0 Å². The Morgan fingerprint density at radius 1 is 0.304 bits per heavy atom. The van der Waals surface area contributed by atoms with Gasteiger partial charge in [-0.15, -0.1) is 0 Å². The number of benzene rings is 9. The van der Waals surface area contributed by atoms with Gasteiger partial charge in [0.15, 0.2) is 0 Å². The Bertz CT molecular complexity index is 2930. The Morgan fingerprint density at radius 2 is 0.768 bits per heavy atom. The highest BCUT2D eigenvalue weighted by atomic mass is 15.1. The van der Waals surface area contributed by atoms with Crippen LogP contribution in [0, 0.1) is 0 Å². The van der Waals surface area contributed by atoms with Crippen molar-refractivity contribution in [2.24, 2.45) is 0 Å². The molecule has 0 fully saturated rings. The molecule has 0 spiro atoms. The average Bonchev–Trinajstić information content (AvgIpc) is 3.63. The minimum atomic E-state index is 1.10. The lowest BCUT2D eigenvalue weighted by molar-refractivity contribution is 1.18. The molecule has 1 aromatic heterocycles. The number of fused-ring (bicyclic) bond motifs is 3. The fourth-order valence-corrected chi connectivity index (χ4v) is 8.18. The number of nitrogens with zero attached hydrogens (tertiary/aromatic N) is 2. The van der Waals surface area contributed by atoms with Crippen LogP contribution >= 0.6 is 0 Å². The molecule has 10 rings (SSSR count). The molecule has 264 valence electrons. The van der Waals surface area contributed by atoms with E-state index in [1.54, 1.807) is 0 Å². The molecule has 0 saturated heterocycles. The van der Waals surface area contributed by atoms with Crippen LogP contribution in [-0.4, -0.2) is 4.57 Å². The molecule has 0 aliphatic rings. The second-order valence-corrected chi connectivity index (χ2v) is 14.1. The van der Waals surface area contributed by atoms with E-state index in [1.807, 2.05) is 0 Å². The van der Waals surface area contributed by atoms with Gasteiger partial charge in [0, 0.05) is 33.4 Å². The van der Waals surface area contributed by atoms with Crippen LogP contribution in [0.25, 0.3) is 72.0 Å². The van der Waals surface area contributed by atoms with E-state index in [-0.39, 0.29) is 0 Å². The number of aromatic nitrogens is 1. The van der Waals surface area contributed by atoms with Gasteiger partial charge in [-0.25, -0.2) is 0 Å². The van der Waals surface area contributed by atoms with E-state index in [2.05, 4.69) is 240 Å². The first-order valence-corrected chi connectivity index (χ1v) is 19.2. The van der Waals surface area contributed by atoms with Gasteiger partial charge in [0.05, 0.1) is 16.7 Å². The van der Waals surface area contributed by atoms with Crippen molar-refractivity contribution in [2.75, 3.05) is 4.90 Å². The van der Waals surface area contributed by atoms with Crippen molar-refractivity contribution in [3.05, 3.63) is 231 Å². The molecule has 0 radical (unpaired) electrons. The van der Waals surface area contributed by atoms with Gasteiger partial charge in [-0.1, -0.05) is 170 Å². The van der Waals surface area contributed by atoms with E-state index >= 15 is 0 Å². The molecule has 0 aliphatic carbocycles. The largest absolute Gasteiger partial charge is 0.310 e. The Morgan fingerprint density at radius 3 is 1.48 bits per heavy atom. The Kier molecular flexibility index (Phi) is 8.55. The SMILES string of the molecule is c1ccc(-c2ccc(-c3ccc(N(c4ccccc4)c4ccccc4-c4cccc(-c5cccc6c5c5ccccc5n6-c5ccccc5)c4)cc3)cc2)cc1. The monoisotopic (exact) mass is 714 g/mol. The lowest BCUT2D eigenvalue weighted by Crippen LogP contribution is -2.11. The topological polar surface area (TPSA) is 8.17 Å². The van der Waals surface area contributed by atoms with Gasteiger partial charge in [-0.05, 0) is 99.6 Å². The fourth-order valence-electron chi connectivity index (χ4n) is 8.18. The Hall–Kier alpha value is -7.42. The van der Waals surface area contributed by atoms with Crippen LogP contribution in [0.3, 0.4) is 0 Å². The maximum atomic E-state index is 2.39. The molecule has 2 heteroatoms. The van der Waals surface area contributed by atoms with Crippen LogP contribution in [0.2, 0.25) is 0 Å². The van der Waals surface area contributed by atoms with Gasteiger partial charge in [-0.3, -0.25) is 0 Å². The standard InChI is InChI=1S/C54H38N2/c1-4-16-39(17-5-1)40-30-32-41(33-31-40)42-34-36-47(37-35-42)55(45-20-6-2-7-21-45)51-27-12-10-24-48(51)43-18-14-19-44(38-43)49-26-15-29-53-54(49)50-25-11-13-28-52(50)56(53)46-22-8-3-9-23-46/h1-38H. The molecule has 0 bridgehead atoms. The van der Waals surface area contributed by atoms with Gasteiger partial charge in [0.25, 0.3) is 0 Å². The van der Waals surface area contributed by atoms with Crippen molar-refractivity contribution in [3.8, 4) is 50.2 Å². The summed E-state index contributed by atoms with van der Waals surface area (Å²) >= 11 is 0. The summed E-state index contributed by atoms with van der Waals surface area (Å²) in [5.74, 6) is 0. The first-order chi connectivity index (χ1) is 27.8. The van der Waals surface area contributed by atoms with E-state index in [0.29, 0.717) is 0 Å². The number of hydrogen-bond donors (Lipinski definition) is 0. The molecule has 0 saturated carbocycles. The lowest BCUT2D eigenvalue weighted by atomic mass is 9.94. The van der Waals surface area contributed by atoms with Crippen molar-refractivity contribution in [2.45, 2.75) is 0 Å². The van der Waals surface area contributed by atoms with Crippen LogP contribution in [0.15, 0.2) is 231 Å². The third-order valence-electron chi connectivity index (χ3n) is 10.8. The lowest BCUT2D eigenvalue weighted by Gasteiger charge is -2.28. The zero-order chi connectivity index (χ0) is 37.3. The summed E-state index contributed by atoms with van der Waals surface area (Å²) in [7, 11) is 0. The normalized spacial score (nSPS) is 11.2. The number of hydrogen-bond acceptors (Lipinski definition) is 1. The molecule has 0 N–H and O–H groups in total. The molecule has 1 heterocycles. The first kappa shape index (κ1) is 33.2. The van der Waals surface area contributed by atoms with Gasteiger partial charge in [-0.2, -0.15) is 0 Å². The number of rotatable bonds is 8. The third kappa shape index (κ3) is 6.04. The minimum absolute atomic E-state index is 1.10. The zero-order valence-electron chi connectivity index (χ0n) is 30.8. The van der Waals surface area contributed by atoms with Crippen LogP contribution in [0.1, 0.15) is 0 Å². The Labute approximate surface area is 327 Å². The summed E-state index contributed by atoms with van der Waals surface area (Å²) in [4.78, 5) is 2.37. The quantitative estimate of drug-likeness (QED) is 0.152. The van der Waals surface area contributed by atoms with E-state index in [0.717, 1.165) is 33.9 Å². The summed E-state index contributed by atoms with van der Waals surface area (Å²) < 4.78 is 2.39. The smallest absolute Gasteiger partial charge is 0.0547 e. The van der Waals surface area contributed by atoms with Crippen LogP contribution in [0.5, 0.6) is 0 Å².